The summed E-state index contributed by atoms with van der Waals surface area (Å²) in [6, 6.07) is -1.07. The van der Waals surface area contributed by atoms with E-state index in [0.717, 1.165) is 38.9 Å². The summed E-state index contributed by atoms with van der Waals surface area (Å²) < 4.78 is 0. The second-order valence-corrected chi connectivity index (χ2v) is 5.79. The Morgan fingerprint density at radius 1 is 1.30 bits per heavy atom. The molecule has 1 atom stereocenters. The van der Waals surface area contributed by atoms with Crippen LogP contribution in [0.3, 0.4) is 0 Å². The van der Waals surface area contributed by atoms with Crippen LogP contribution in [0.4, 0.5) is 4.79 Å². The Labute approximate surface area is 120 Å². The van der Waals surface area contributed by atoms with Crippen LogP contribution in [0.5, 0.6) is 0 Å². The van der Waals surface area contributed by atoms with Gasteiger partial charge >= 0.3 is 12.0 Å². The molecule has 1 aliphatic heterocycles. The van der Waals surface area contributed by atoms with E-state index in [4.69, 9.17) is 5.11 Å². The Balaban J connectivity index is 2.34. The highest BCUT2D eigenvalue weighted by molar-refractivity contribution is 5.82. The number of nitrogens with zero attached hydrogens (tertiary/aromatic N) is 1. The summed E-state index contributed by atoms with van der Waals surface area (Å²) in [4.78, 5) is 25.3. The number of carbonyl (C=O) groups excluding carboxylic acids is 1. The van der Waals surface area contributed by atoms with E-state index in [1.54, 1.807) is 13.8 Å². The van der Waals surface area contributed by atoms with Crippen LogP contribution in [-0.4, -0.2) is 53.7 Å². The normalized spacial score (nSPS) is 18.8. The maximum absolute atomic E-state index is 11.8. The predicted octanol–water partition coefficient (Wildman–Crippen LogP) is 1.27. The molecule has 2 amide bonds. The van der Waals surface area contributed by atoms with E-state index in [1.807, 2.05) is 0 Å². The molecular formula is C14H27N3O3. The Morgan fingerprint density at radius 3 is 2.35 bits per heavy atom. The molecular weight excluding hydrogens is 258 g/mol. The average molecular weight is 285 g/mol. The molecule has 0 bridgehead atoms. The number of nitrogens with one attached hydrogen (secondary N) is 2. The molecule has 0 aromatic heterocycles. The number of likely N-dealkylation sites (tertiary alicyclic amines) is 1. The highest BCUT2D eigenvalue weighted by Gasteiger charge is 2.25. The number of hydrogen-bond acceptors (Lipinski definition) is 3. The first-order valence-corrected chi connectivity index (χ1v) is 7.46. The van der Waals surface area contributed by atoms with E-state index < -0.39 is 12.0 Å². The van der Waals surface area contributed by atoms with Gasteiger partial charge in [-0.2, -0.15) is 0 Å². The third-order valence-corrected chi connectivity index (χ3v) is 3.68. The molecule has 1 fully saturated rings. The molecule has 116 valence electrons. The van der Waals surface area contributed by atoms with Crippen LogP contribution < -0.4 is 10.6 Å². The van der Waals surface area contributed by atoms with E-state index in [0.29, 0.717) is 0 Å². The van der Waals surface area contributed by atoms with Gasteiger partial charge in [-0.25, -0.2) is 9.59 Å². The Kier molecular flexibility index (Phi) is 6.78. The number of urea groups is 1. The van der Waals surface area contributed by atoms with Crippen molar-refractivity contribution in [2.45, 2.75) is 52.1 Å². The smallest absolute Gasteiger partial charge is 0.326 e. The minimum atomic E-state index is -0.993. The summed E-state index contributed by atoms with van der Waals surface area (Å²) in [7, 11) is 0. The van der Waals surface area contributed by atoms with Crippen LogP contribution in [-0.2, 0) is 4.79 Å². The number of carbonyl (C=O) groups is 2. The maximum atomic E-state index is 11.8. The largest absolute Gasteiger partial charge is 0.480 e. The molecule has 1 rings (SSSR count). The molecule has 1 saturated heterocycles. The first kappa shape index (κ1) is 16.8. The van der Waals surface area contributed by atoms with Gasteiger partial charge in [0.1, 0.15) is 6.04 Å². The van der Waals surface area contributed by atoms with Gasteiger partial charge in [-0.3, -0.25) is 0 Å². The molecule has 1 heterocycles. The monoisotopic (exact) mass is 285 g/mol. The van der Waals surface area contributed by atoms with E-state index in [1.165, 1.54) is 0 Å². The van der Waals surface area contributed by atoms with Gasteiger partial charge in [-0.05, 0) is 31.7 Å². The van der Waals surface area contributed by atoms with Crippen molar-refractivity contribution < 1.29 is 14.7 Å². The van der Waals surface area contributed by atoms with Gasteiger partial charge in [-0.15, -0.1) is 0 Å². The molecule has 0 saturated carbocycles. The molecule has 0 spiro atoms. The van der Waals surface area contributed by atoms with Crippen molar-refractivity contribution in [1.29, 1.82) is 0 Å². The van der Waals surface area contributed by atoms with Gasteiger partial charge in [0, 0.05) is 19.1 Å². The highest BCUT2D eigenvalue weighted by atomic mass is 16.4. The molecule has 1 unspecified atom stereocenters. The number of aliphatic carboxylic acids is 1. The van der Waals surface area contributed by atoms with Crippen molar-refractivity contribution >= 4 is 12.0 Å². The topological polar surface area (TPSA) is 81.7 Å². The second-order valence-electron chi connectivity index (χ2n) is 5.79. The van der Waals surface area contributed by atoms with Crippen molar-refractivity contribution in [3.63, 3.8) is 0 Å². The predicted molar refractivity (Wildman–Crippen MR) is 77.7 cm³/mol. The Hall–Kier alpha value is -1.30. The summed E-state index contributed by atoms with van der Waals surface area (Å²) in [5.74, 6) is -1.13. The lowest BCUT2D eigenvalue weighted by atomic mass is 10.0. The van der Waals surface area contributed by atoms with Gasteiger partial charge in [0.15, 0.2) is 0 Å². The lowest BCUT2D eigenvalue weighted by Crippen LogP contribution is -2.53. The molecule has 0 radical (unpaired) electrons. The van der Waals surface area contributed by atoms with Crippen molar-refractivity contribution in [1.82, 2.24) is 15.5 Å². The van der Waals surface area contributed by atoms with Crippen LogP contribution >= 0.6 is 0 Å². The average Bonchev–Trinajstić information content (AvgIpc) is 2.38. The SMILES string of the molecule is CCCN1CCC(NC(=O)NC(C(=O)O)C(C)C)CC1. The maximum Gasteiger partial charge on any atom is 0.326 e. The van der Waals surface area contributed by atoms with Crippen LogP contribution in [0, 0.1) is 5.92 Å². The molecule has 3 N–H and O–H groups in total. The summed E-state index contributed by atoms with van der Waals surface area (Å²) >= 11 is 0. The summed E-state index contributed by atoms with van der Waals surface area (Å²) in [5, 5.41) is 14.5. The molecule has 0 aliphatic carbocycles. The number of carboxylic acids is 1. The van der Waals surface area contributed by atoms with E-state index in [-0.39, 0.29) is 18.0 Å². The fourth-order valence-corrected chi connectivity index (χ4v) is 2.50. The Morgan fingerprint density at radius 2 is 1.90 bits per heavy atom. The standard InChI is InChI=1S/C14H27N3O3/c1-4-7-17-8-5-11(6-9-17)15-14(20)16-12(10(2)3)13(18)19/h10-12H,4-9H2,1-3H3,(H,18,19)(H2,15,16,20). The van der Waals surface area contributed by atoms with Crippen LogP contribution in [0.1, 0.15) is 40.0 Å². The molecule has 0 aromatic rings. The second kappa shape index (κ2) is 8.09. The number of rotatable bonds is 6. The minimum absolute atomic E-state index is 0.135. The van der Waals surface area contributed by atoms with Crippen molar-refractivity contribution in [3.05, 3.63) is 0 Å². The Bertz CT molecular complexity index is 326. The van der Waals surface area contributed by atoms with Crippen molar-refractivity contribution in [2.75, 3.05) is 19.6 Å². The first-order valence-electron chi connectivity index (χ1n) is 7.46. The van der Waals surface area contributed by atoms with Crippen molar-refractivity contribution in [3.8, 4) is 0 Å². The first-order chi connectivity index (χ1) is 9.43. The minimum Gasteiger partial charge on any atom is -0.480 e. The van der Waals surface area contributed by atoms with Gasteiger partial charge in [0.05, 0.1) is 0 Å². The number of carboxylic acid groups (broad SMARTS) is 1. The van der Waals surface area contributed by atoms with E-state index in [9.17, 15) is 9.59 Å². The zero-order valence-corrected chi connectivity index (χ0v) is 12.7. The summed E-state index contributed by atoms with van der Waals surface area (Å²) in [6.07, 6.45) is 2.99. The third-order valence-electron chi connectivity index (χ3n) is 3.68. The fourth-order valence-electron chi connectivity index (χ4n) is 2.50. The zero-order chi connectivity index (χ0) is 15.1. The fraction of sp³-hybridized carbons (Fsp3) is 0.857. The molecule has 6 nitrogen and oxygen atoms in total. The summed E-state index contributed by atoms with van der Waals surface area (Å²) in [6.45, 7) is 8.81. The molecule has 6 heteroatoms. The third kappa shape index (κ3) is 5.36. The number of amides is 2. The lowest BCUT2D eigenvalue weighted by Gasteiger charge is -2.32. The van der Waals surface area contributed by atoms with Crippen molar-refractivity contribution in [2.24, 2.45) is 5.92 Å². The molecule has 20 heavy (non-hydrogen) atoms. The summed E-state index contributed by atoms with van der Waals surface area (Å²) in [5.41, 5.74) is 0. The quantitative estimate of drug-likeness (QED) is 0.686. The van der Waals surface area contributed by atoms with Gasteiger partial charge in [-0.1, -0.05) is 20.8 Å². The van der Waals surface area contributed by atoms with Crippen LogP contribution in [0.15, 0.2) is 0 Å². The van der Waals surface area contributed by atoms with Gasteiger partial charge < -0.3 is 20.6 Å². The highest BCUT2D eigenvalue weighted by Crippen LogP contribution is 2.10. The van der Waals surface area contributed by atoms with Gasteiger partial charge in [0.2, 0.25) is 0 Å². The van der Waals surface area contributed by atoms with E-state index >= 15 is 0 Å². The van der Waals surface area contributed by atoms with Crippen LogP contribution in [0.2, 0.25) is 0 Å². The van der Waals surface area contributed by atoms with Gasteiger partial charge in [0.25, 0.3) is 0 Å². The number of piperidine rings is 1. The zero-order valence-electron chi connectivity index (χ0n) is 12.7. The molecule has 1 aliphatic rings. The van der Waals surface area contributed by atoms with E-state index in [2.05, 4.69) is 22.5 Å². The molecule has 0 aromatic carbocycles. The lowest BCUT2D eigenvalue weighted by molar-refractivity contribution is -0.140. The van der Waals surface area contributed by atoms with Crippen LogP contribution in [0.25, 0.3) is 0 Å². The number of hydrogen-bond donors (Lipinski definition) is 3.